The van der Waals surface area contributed by atoms with Crippen molar-refractivity contribution < 1.29 is 5.11 Å². The summed E-state index contributed by atoms with van der Waals surface area (Å²) in [6.45, 7) is 15.6. The molecule has 0 spiro atoms. The quantitative estimate of drug-likeness (QED) is 0.178. The van der Waals surface area contributed by atoms with Gasteiger partial charge >= 0.3 is 0 Å². The number of aryl methyl sites for hydroxylation is 2. The van der Waals surface area contributed by atoms with Crippen LogP contribution in [0, 0.1) is 5.92 Å². The largest absolute Gasteiger partial charge is 0.395 e. The number of rotatable bonds is 16. The molecule has 40 heavy (non-hydrogen) atoms. The number of aliphatic hydroxyl groups excluding tert-OH is 1. The molecule has 0 bridgehead atoms. The van der Waals surface area contributed by atoms with Gasteiger partial charge in [0.2, 0.25) is 0 Å². The first-order valence-corrected chi connectivity index (χ1v) is 14.9. The molecule has 1 aliphatic rings. The molecule has 2 aromatic rings. The third kappa shape index (κ3) is 14.4. The summed E-state index contributed by atoms with van der Waals surface area (Å²) in [4.78, 5) is 2.60. The number of aliphatic hydroxyl groups is 1. The van der Waals surface area contributed by atoms with Crippen molar-refractivity contribution in [2.24, 2.45) is 5.92 Å². The Kier molecular flexibility index (Phi) is 21.3. The molecule has 0 saturated carbocycles. The Morgan fingerprint density at radius 2 is 1.43 bits per heavy atom. The standard InChI is InChI=1S/C33H53N3O.3ClH/c1-26(2)31-11-5-8-28(22-31)13-15-33(16-14-29-9-6-12-32(23-29)27(3)4)35-24-30-10-7-19-36(25-30)20-17-34-18-21-37;;;/h5-6,8-9,11-12,22-23,26-27,30,33-35,37H,7,10,13-21,24-25H2,1-4H3;3*1H. The maximum atomic E-state index is 8.99. The van der Waals surface area contributed by atoms with Crippen molar-refractivity contribution in [1.29, 1.82) is 0 Å². The third-order valence-corrected chi connectivity index (χ3v) is 7.99. The van der Waals surface area contributed by atoms with Gasteiger partial charge in [-0.05, 0) is 91.6 Å². The van der Waals surface area contributed by atoms with Crippen LogP contribution in [0.5, 0.6) is 0 Å². The summed E-state index contributed by atoms with van der Waals surface area (Å²) in [6, 6.07) is 19.0. The van der Waals surface area contributed by atoms with Crippen molar-refractivity contribution in [3.63, 3.8) is 0 Å². The molecule has 1 atom stereocenters. The number of likely N-dealkylation sites (tertiary alicyclic amines) is 1. The minimum atomic E-state index is 0. The van der Waals surface area contributed by atoms with E-state index in [0.717, 1.165) is 38.4 Å². The van der Waals surface area contributed by atoms with Crippen molar-refractivity contribution in [3.05, 3.63) is 70.8 Å². The highest BCUT2D eigenvalue weighted by Crippen LogP contribution is 2.21. The lowest BCUT2D eigenvalue weighted by Gasteiger charge is -2.34. The molecule has 1 fully saturated rings. The second kappa shape index (κ2) is 21.8. The van der Waals surface area contributed by atoms with Crippen molar-refractivity contribution >= 4 is 37.2 Å². The summed E-state index contributed by atoms with van der Waals surface area (Å²) in [7, 11) is 0. The molecule has 1 saturated heterocycles. The molecule has 3 rings (SSSR count). The van der Waals surface area contributed by atoms with Crippen molar-refractivity contribution in [2.45, 2.75) is 84.1 Å². The molecule has 0 radical (unpaired) electrons. The highest BCUT2D eigenvalue weighted by molar-refractivity contribution is 5.86. The molecule has 4 nitrogen and oxygen atoms in total. The molecule has 0 aliphatic carbocycles. The van der Waals surface area contributed by atoms with Crippen molar-refractivity contribution in [1.82, 2.24) is 15.5 Å². The molecule has 1 unspecified atom stereocenters. The fraction of sp³-hybridized carbons (Fsp3) is 0.636. The van der Waals surface area contributed by atoms with Gasteiger partial charge in [0.25, 0.3) is 0 Å². The number of hydrogen-bond donors (Lipinski definition) is 3. The first kappa shape index (κ1) is 39.1. The molecule has 1 aliphatic heterocycles. The van der Waals surface area contributed by atoms with Gasteiger partial charge in [-0.25, -0.2) is 0 Å². The van der Waals surface area contributed by atoms with Gasteiger partial charge in [-0.2, -0.15) is 0 Å². The Bertz CT molecular complexity index is 857. The van der Waals surface area contributed by atoms with Crippen molar-refractivity contribution in [3.8, 4) is 0 Å². The van der Waals surface area contributed by atoms with Gasteiger partial charge in [0.15, 0.2) is 0 Å². The number of nitrogens with one attached hydrogen (secondary N) is 2. The summed E-state index contributed by atoms with van der Waals surface area (Å²) in [5.74, 6) is 1.88. The van der Waals surface area contributed by atoms with E-state index in [9.17, 15) is 0 Å². The van der Waals surface area contributed by atoms with E-state index in [-0.39, 0.29) is 43.8 Å². The molecular formula is C33H56Cl3N3O. The smallest absolute Gasteiger partial charge is 0.0555 e. The predicted octanol–water partition coefficient (Wildman–Crippen LogP) is 7.02. The van der Waals surface area contributed by atoms with Gasteiger partial charge < -0.3 is 20.6 Å². The fourth-order valence-electron chi connectivity index (χ4n) is 5.54. The monoisotopic (exact) mass is 615 g/mol. The minimum Gasteiger partial charge on any atom is -0.395 e. The maximum absolute atomic E-state index is 8.99. The van der Waals surface area contributed by atoms with E-state index in [1.165, 1.54) is 61.0 Å². The van der Waals surface area contributed by atoms with E-state index in [4.69, 9.17) is 5.11 Å². The van der Waals surface area contributed by atoms with Crippen LogP contribution < -0.4 is 10.6 Å². The second-order valence-electron chi connectivity index (χ2n) is 11.8. The van der Waals surface area contributed by atoms with Crippen LogP contribution in [0.1, 0.15) is 87.5 Å². The highest BCUT2D eigenvalue weighted by Gasteiger charge is 2.21. The average Bonchev–Trinajstić information content (AvgIpc) is 2.91. The summed E-state index contributed by atoms with van der Waals surface area (Å²) in [5.41, 5.74) is 5.84. The summed E-state index contributed by atoms with van der Waals surface area (Å²) >= 11 is 0. The normalized spacial score (nSPS) is 15.6. The van der Waals surface area contributed by atoms with Crippen LogP contribution in [-0.4, -0.2) is 61.9 Å². The zero-order valence-corrected chi connectivity index (χ0v) is 27.7. The van der Waals surface area contributed by atoms with E-state index < -0.39 is 0 Å². The SMILES string of the molecule is CC(C)c1cccc(CCC(CCc2cccc(C(C)C)c2)NCC2CCCN(CCNCCO)C2)c1.Cl.Cl.Cl. The van der Waals surface area contributed by atoms with Gasteiger partial charge in [-0.15, -0.1) is 37.2 Å². The lowest BCUT2D eigenvalue weighted by molar-refractivity contribution is 0.168. The number of benzene rings is 2. The minimum absolute atomic E-state index is 0. The first-order valence-electron chi connectivity index (χ1n) is 14.9. The van der Waals surface area contributed by atoms with E-state index in [1.54, 1.807) is 0 Å². The van der Waals surface area contributed by atoms with Crippen LogP contribution in [0.25, 0.3) is 0 Å². The van der Waals surface area contributed by atoms with Gasteiger partial charge in [0.1, 0.15) is 0 Å². The molecular weight excluding hydrogens is 561 g/mol. The van der Waals surface area contributed by atoms with Crippen LogP contribution in [0.15, 0.2) is 48.5 Å². The Morgan fingerprint density at radius 1 is 0.850 bits per heavy atom. The lowest BCUT2D eigenvalue weighted by atomic mass is 9.93. The first-order chi connectivity index (χ1) is 17.9. The number of piperidine rings is 1. The maximum Gasteiger partial charge on any atom is 0.0555 e. The van der Waals surface area contributed by atoms with Crippen LogP contribution in [-0.2, 0) is 12.8 Å². The molecule has 7 heteroatoms. The Morgan fingerprint density at radius 3 is 1.95 bits per heavy atom. The van der Waals surface area contributed by atoms with Gasteiger partial charge in [-0.3, -0.25) is 0 Å². The fourth-order valence-corrected chi connectivity index (χ4v) is 5.54. The topological polar surface area (TPSA) is 47.5 Å². The summed E-state index contributed by atoms with van der Waals surface area (Å²) < 4.78 is 0. The highest BCUT2D eigenvalue weighted by atomic mass is 35.5. The van der Waals surface area contributed by atoms with Crippen LogP contribution >= 0.6 is 37.2 Å². The molecule has 0 aromatic heterocycles. The van der Waals surface area contributed by atoms with Crippen LogP contribution in [0.3, 0.4) is 0 Å². The molecule has 2 aromatic carbocycles. The molecule has 0 amide bonds. The van der Waals surface area contributed by atoms with E-state index >= 15 is 0 Å². The van der Waals surface area contributed by atoms with Gasteiger partial charge in [0, 0.05) is 32.2 Å². The predicted molar refractivity (Wildman–Crippen MR) is 180 cm³/mol. The Balaban J connectivity index is 0.00000507. The zero-order valence-electron chi connectivity index (χ0n) is 25.2. The van der Waals surface area contributed by atoms with E-state index in [2.05, 4.69) is 91.8 Å². The number of halogens is 3. The second-order valence-corrected chi connectivity index (χ2v) is 11.8. The van der Waals surface area contributed by atoms with E-state index in [1.807, 2.05) is 0 Å². The number of hydrogen-bond acceptors (Lipinski definition) is 4. The Hall–Kier alpha value is -0.850. The van der Waals surface area contributed by atoms with E-state index in [0.29, 0.717) is 24.4 Å². The average molecular weight is 617 g/mol. The molecule has 1 heterocycles. The number of nitrogens with zero attached hydrogens (tertiary/aromatic N) is 1. The van der Waals surface area contributed by atoms with Gasteiger partial charge in [0.05, 0.1) is 6.61 Å². The molecule has 3 N–H and O–H groups in total. The summed E-state index contributed by atoms with van der Waals surface area (Å²) in [5, 5.41) is 16.3. The van der Waals surface area contributed by atoms with Crippen molar-refractivity contribution in [2.75, 3.05) is 45.9 Å². The molecule has 230 valence electrons. The lowest BCUT2D eigenvalue weighted by Crippen LogP contribution is -2.44. The van der Waals surface area contributed by atoms with Crippen LogP contribution in [0.2, 0.25) is 0 Å². The zero-order chi connectivity index (χ0) is 26.5. The summed E-state index contributed by atoms with van der Waals surface area (Å²) in [6.07, 6.45) is 7.27. The Labute approximate surface area is 263 Å². The third-order valence-electron chi connectivity index (χ3n) is 7.99. The van der Waals surface area contributed by atoms with Crippen LogP contribution in [0.4, 0.5) is 0 Å². The van der Waals surface area contributed by atoms with Gasteiger partial charge in [-0.1, -0.05) is 76.2 Å².